The van der Waals surface area contributed by atoms with Gasteiger partial charge in [-0.05, 0) is 19.1 Å². The number of rotatable bonds is 7. The van der Waals surface area contributed by atoms with Gasteiger partial charge in [-0.1, -0.05) is 0 Å². The van der Waals surface area contributed by atoms with E-state index in [-0.39, 0.29) is 17.1 Å². The normalized spacial score (nSPS) is 13.0. The van der Waals surface area contributed by atoms with E-state index in [9.17, 15) is 19.7 Å². The fraction of sp³-hybridized carbons (Fsp3) is 0.300. The summed E-state index contributed by atoms with van der Waals surface area (Å²) in [6.07, 6.45) is -1.24. The molecule has 11 nitrogen and oxygen atoms in total. The Kier molecular flexibility index (Phi) is 6.43. The number of nitro benzene ring substituents is 1. The molecule has 3 rings (SSSR count). The average molecular weight is 432 g/mol. The molecule has 0 saturated carbocycles. The first-order valence-corrected chi connectivity index (χ1v) is 9.16. The molecule has 0 saturated heterocycles. The molecule has 31 heavy (non-hydrogen) atoms. The first-order valence-electron chi connectivity index (χ1n) is 9.16. The van der Waals surface area contributed by atoms with E-state index < -0.39 is 28.6 Å². The lowest BCUT2D eigenvalue weighted by Gasteiger charge is -2.19. The number of nitro groups is 1. The molecular weight excluding hydrogens is 412 g/mol. The SMILES string of the molecule is COc1cc(C(=O)O[C@H](C)C(=O)Nc2ccc3c(c2)OCCO3)c([N+](=O)[O-])cc1OC. The Hall–Kier alpha value is -4.02. The Bertz CT molecular complexity index is 1020. The second kappa shape index (κ2) is 9.20. The van der Waals surface area contributed by atoms with Gasteiger partial charge in [-0.25, -0.2) is 4.79 Å². The van der Waals surface area contributed by atoms with Crippen LogP contribution in [-0.2, 0) is 9.53 Å². The number of hydrogen-bond donors (Lipinski definition) is 1. The Balaban J connectivity index is 1.74. The topological polar surface area (TPSA) is 135 Å². The first kappa shape index (κ1) is 21.7. The zero-order valence-electron chi connectivity index (χ0n) is 17.0. The molecule has 2 aromatic rings. The molecule has 11 heteroatoms. The molecular formula is C20H20N2O9. The maximum atomic E-state index is 12.6. The van der Waals surface area contributed by atoms with Crippen LogP contribution in [0, 0.1) is 10.1 Å². The molecule has 0 spiro atoms. The van der Waals surface area contributed by atoms with E-state index in [1.54, 1.807) is 18.2 Å². The third kappa shape index (κ3) is 4.77. The molecule has 0 fully saturated rings. The molecule has 1 N–H and O–H groups in total. The van der Waals surface area contributed by atoms with Gasteiger partial charge in [-0.3, -0.25) is 14.9 Å². The van der Waals surface area contributed by atoms with Crippen LogP contribution in [0.15, 0.2) is 30.3 Å². The number of esters is 1. The van der Waals surface area contributed by atoms with Gasteiger partial charge < -0.3 is 29.0 Å². The maximum Gasteiger partial charge on any atom is 0.346 e. The minimum atomic E-state index is -1.24. The molecule has 1 aliphatic rings. The molecule has 0 aliphatic carbocycles. The lowest BCUT2D eigenvalue weighted by atomic mass is 10.1. The van der Waals surface area contributed by atoms with Crippen LogP contribution >= 0.6 is 0 Å². The summed E-state index contributed by atoms with van der Waals surface area (Å²) in [5, 5.41) is 14.0. The number of fused-ring (bicyclic) bond motifs is 1. The Morgan fingerprint density at radius 1 is 1.06 bits per heavy atom. The molecule has 0 aromatic heterocycles. The van der Waals surface area contributed by atoms with Crippen molar-refractivity contribution < 1.29 is 38.2 Å². The van der Waals surface area contributed by atoms with Gasteiger partial charge in [0.15, 0.2) is 29.1 Å². The van der Waals surface area contributed by atoms with E-state index in [0.717, 1.165) is 12.1 Å². The molecule has 0 radical (unpaired) electrons. The number of amides is 1. The van der Waals surface area contributed by atoms with Gasteiger partial charge in [0, 0.05) is 17.8 Å². The molecule has 164 valence electrons. The van der Waals surface area contributed by atoms with Crippen molar-refractivity contribution in [3.05, 3.63) is 46.0 Å². The summed E-state index contributed by atoms with van der Waals surface area (Å²) in [5.41, 5.74) is -0.502. The van der Waals surface area contributed by atoms with Gasteiger partial charge in [0.1, 0.15) is 18.8 Å². The molecule has 0 bridgehead atoms. The average Bonchev–Trinajstić information content (AvgIpc) is 2.77. The second-order valence-corrected chi connectivity index (χ2v) is 6.38. The summed E-state index contributed by atoms with van der Waals surface area (Å²) >= 11 is 0. The quantitative estimate of drug-likeness (QED) is 0.398. The summed E-state index contributed by atoms with van der Waals surface area (Å²) in [5.74, 6) is -0.464. The molecule has 1 heterocycles. The molecule has 1 aliphatic heterocycles. The maximum absolute atomic E-state index is 12.6. The van der Waals surface area contributed by atoms with Crippen molar-refractivity contribution in [2.45, 2.75) is 13.0 Å². The summed E-state index contributed by atoms with van der Waals surface area (Å²) < 4.78 is 26.1. The number of nitrogens with one attached hydrogen (secondary N) is 1. The van der Waals surface area contributed by atoms with Gasteiger partial charge in [0.25, 0.3) is 11.6 Å². The highest BCUT2D eigenvalue weighted by atomic mass is 16.6. The van der Waals surface area contributed by atoms with Gasteiger partial charge in [-0.2, -0.15) is 0 Å². The van der Waals surface area contributed by atoms with Crippen molar-refractivity contribution in [3.8, 4) is 23.0 Å². The van der Waals surface area contributed by atoms with Crippen molar-refractivity contribution in [1.82, 2.24) is 0 Å². The van der Waals surface area contributed by atoms with Crippen LogP contribution in [0.25, 0.3) is 0 Å². The lowest BCUT2D eigenvalue weighted by Crippen LogP contribution is -2.30. The third-order valence-corrected chi connectivity index (χ3v) is 4.38. The number of carbonyl (C=O) groups is 2. The number of ether oxygens (including phenoxy) is 5. The van der Waals surface area contributed by atoms with Crippen LogP contribution < -0.4 is 24.3 Å². The highest BCUT2D eigenvalue weighted by Crippen LogP contribution is 2.35. The van der Waals surface area contributed by atoms with Crippen molar-refractivity contribution in [3.63, 3.8) is 0 Å². The van der Waals surface area contributed by atoms with Crippen molar-refractivity contribution in [2.24, 2.45) is 0 Å². The summed E-state index contributed by atoms with van der Waals surface area (Å²) in [7, 11) is 2.63. The van der Waals surface area contributed by atoms with Crippen LogP contribution in [0.3, 0.4) is 0 Å². The lowest BCUT2D eigenvalue weighted by molar-refractivity contribution is -0.385. The number of hydrogen-bond acceptors (Lipinski definition) is 9. The second-order valence-electron chi connectivity index (χ2n) is 6.38. The van der Waals surface area contributed by atoms with E-state index >= 15 is 0 Å². The monoisotopic (exact) mass is 432 g/mol. The van der Waals surface area contributed by atoms with E-state index in [1.807, 2.05) is 0 Å². The summed E-state index contributed by atoms with van der Waals surface area (Å²) in [6.45, 7) is 2.17. The van der Waals surface area contributed by atoms with Crippen molar-refractivity contribution >= 4 is 23.3 Å². The van der Waals surface area contributed by atoms with Gasteiger partial charge >= 0.3 is 5.97 Å². The fourth-order valence-corrected chi connectivity index (χ4v) is 2.83. The van der Waals surface area contributed by atoms with Gasteiger partial charge in [0.2, 0.25) is 0 Å². The Labute approximate surface area is 176 Å². The van der Waals surface area contributed by atoms with Crippen LogP contribution in [0.1, 0.15) is 17.3 Å². The molecule has 1 atom stereocenters. The summed E-state index contributed by atoms with van der Waals surface area (Å²) in [4.78, 5) is 35.6. The molecule has 0 unspecified atom stereocenters. The van der Waals surface area contributed by atoms with Crippen LogP contribution in [0.2, 0.25) is 0 Å². The van der Waals surface area contributed by atoms with E-state index in [2.05, 4.69) is 5.32 Å². The van der Waals surface area contributed by atoms with Crippen LogP contribution in [0.4, 0.5) is 11.4 Å². The van der Waals surface area contributed by atoms with E-state index in [1.165, 1.54) is 21.1 Å². The van der Waals surface area contributed by atoms with Crippen LogP contribution in [-0.4, -0.2) is 50.3 Å². The minimum absolute atomic E-state index is 0.0788. The van der Waals surface area contributed by atoms with Crippen molar-refractivity contribution in [1.29, 1.82) is 0 Å². The fourth-order valence-electron chi connectivity index (χ4n) is 2.83. The number of benzene rings is 2. The van der Waals surface area contributed by atoms with Gasteiger partial charge in [-0.15, -0.1) is 0 Å². The first-order chi connectivity index (χ1) is 14.8. The Morgan fingerprint density at radius 2 is 1.71 bits per heavy atom. The van der Waals surface area contributed by atoms with Crippen molar-refractivity contribution in [2.75, 3.05) is 32.8 Å². The molecule has 1 amide bonds. The van der Waals surface area contributed by atoms with E-state index in [0.29, 0.717) is 30.4 Å². The van der Waals surface area contributed by atoms with Gasteiger partial charge in [0.05, 0.1) is 25.2 Å². The number of nitrogens with zero attached hydrogens (tertiary/aromatic N) is 1. The molecule has 2 aromatic carbocycles. The highest BCUT2D eigenvalue weighted by Gasteiger charge is 2.28. The summed E-state index contributed by atoms with van der Waals surface area (Å²) in [6, 6.07) is 7.02. The smallest absolute Gasteiger partial charge is 0.346 e. The largest absolute Gasteiger partial charge is 0.493 e. The predicted octanol–water partition coefficient (Wildman–Crippen LogP) is 2.57. The van der Waals surface area contributed by atoms with Crippen LogP contribution in [0.5, 0.6) is 23.0 Å². The van der Waals surface area contributed by atoms with E-state index in [4.69, 9.17) is 23.7 Å². The zero-order chi connectivity index (χ0) is 22.5. The third-order valence-electron chi connectivity index (χ3n) is 4.38. The zero-order valence-corrected chi connectivity index (χ0v) is 17.0. The predicted molar refractivity (Wildman–Crippen MR) is 107 cm³/mol. The standard InChI is InChI=1S/C20H20N2O9/c1-11(19(23)21-12-4-5-15-18(8-12)30-7-6-29-15)31-20(24)13-9-16(27-2)17(28-3)10-14(13)22(25)26/h4-5,8-11H,6-7H2,1-3H3,(H,21,23)/t11-/m1/s1. The highest BCUT2D eigenvalue weighted by molar-refractivity contribution is 5.99. The Morgan fingerprint density at radius 3 is 2.35 bits per heavy atom. The number of methoxy groups -OCH3 is 2. The minimum Gasteiger partial charge on any atom is -0.493 e. The number of carbonyl (C=O) groups excluding carboxylic acids is 2. The number of anilines is 1.